The lowest BCUT2D eigenvalue weighted by Crippen LogP contribution is -2.41. The van der Waals surface area contributed by atoms with Gasteiger partial charge in [0.1, 0.15) is 11.1 Å². The minimum atomic E-state index is -0.808. The summed E-state index contributed by atoms with van der Waals surface area (Å²) in [5, 5.41) is 0.703. The number of carbonyl (C=O) groups excluding carboxylic acids is 3. The van der Waals surface area contributed by atoms with Gasteiger partial charge in [-0.2, -0.15) is 0 Å². The average molecular weight is 405 g/mol. The Morgan fingerprint density at radius 2 is 1.83 bits per heavy atom. The quantitative estimate of drug-likeness (QED) is 0.371. The van der Waals surface area contributed by atoms with Crippen molar-refractivity contribution in [1.29, 1.82) is 0 Å². The fraction of sp³-hybridized carbons (Fsp3) is 0.824. The van der Waals surface area contributed by atoms with Crippen molar-refractivity contribution < 1.29 is 19.1 Å². The van der Waals surface area contributed by atoms with Gasteiger partial charge in [-0.25, -0.2) is 4.79 Å². The molecule has 0 radical (unpaired) electrons. The van der Waals surface area contributed by atoms with Gasteiger partial charge in [0, 0.05) is 18.9 Å². The third-order valence-electron chi connectivity index (χ3n) is 4.26. The summed E-state index contributed by atoms with van der Waals surface area (Å²) in [7, 11) is 1.63. The molecule has 3 amide bonds. The number of hydrogen-bond donors (Lipinski definition) is 0. The number of esters is 1. The SMILES string of the molecule is CN1C(=O)N(CCCC(CCBr)C(=O)OC(C)(C)C)C(=O)C1(C)C. The van der Waals surface area contributed by atoms with E-state index in [9.17, 15) is 14.4 Å². The van der Waals surface area contributed by atoms with E-state index < -0.39 is 11.1 Å². The summed E-state index contributed by atoms with van der Waals surface area (Å²) in [6.07, 6.45) is 1.84. The van der Waals surface area contributed by atoms with Crippen LogP contribution in [0.15, 0.2) is 0 Å². The molecule has 6 nitrogen and oxygen atoms in total. The number of hydrogen-bond acceptors (Lipinski definition) is 4. The fourth-order valence-electron chi connectivity index (χ4n) is 2.57. The number of amides is 3. The minimum Gasteiger partial charge on any atom is -0.460 e. The third-order valence-corrected chi connectivity index (χ3v) is 4.71. The van der Waals surface area contributed by atoms with Crippen LogP contribution in [0, 0.1) is 5.92 Å². The molecule has 0 aliphatic carbocycles. The lowest BCUT2D eigenvalue weighted by atomic mass is 9.99. The van der Waals surface area contributed by atoms with Crippen molar-refractivity contribution in [3.05, 3.63) is 0 Å². The second-order valence-corrected chi connectivity index (χ2v) is 8.50. The van der Waals surface area contributed by atoms with Gasteiger partial charge in [0.25, 0.3) is 5.91 Å². The summed E-state index contributed by atoms with van der Waals surface area (Å²) in [5.74, 6) is -0.648. The molecule has 0 bridgehead atoms. The van der Waals surface area contributed by atoms with Gasteiger partial charge in [0.05, 0.1) is 5.92 Å². The Hall–Kier alpha value is -1.11. The molecular formula is C17H29BrN2O4. The number of rotatable bonds is 7. The number of likely N-dealkylation sites (N-methyl/N-ethyl adjacent to an activating group) is 1. The summed E-state index contributed by atoms with van der Waals surface area (Å²) in [6.45, 7) is 9.33. The molecule has 1 aliphatic heterocycles. The predicted octanol–water partition coefficient (Wildman–Crippen LogP) is 3.18. The number of ether oxygens (including phenoxy) is 1. The van der Waals surface area contributed by atoms with Crippen LogP contribution < -0.4 is 0 Å². The van der Waals surface area contributed by atoms with Crippen molar-refractivity contribution in [2.45, 2.75) is 65.0 Å². The molecule has 0 saturated carbocycles. The highest BCUT2D eigenvalue weighted by atomic mass is 79.9. The first-order valence-corrected chi connectivity index (χ1v) is 9.42. The van der Waals surface area contributed by atoms with E-state index in [-0.39, 0.29) is 23.8 Å². The maximum absolute atomic E-state index is 12.3. The van der Waals surface area contributed by atoms with Crippen molar-refractivity contribution >= 4 is 33.8 Å². The van der Waals surface area contributed by atoms with Crippen LogP contribution in [-0.2, 0) is 14.3 Å². The minimum absolute atomic E-state index is 0.190. The van der Waals surface area contributed by atoms with Crippen LogP contribution in [0.25, 0.3) is 0 Å². The Kier molecular flexibility index (Phi) is 6.84. The second-order valence-electron chi connectivity index (χ2n) is 7.71. The van der Waals surface area contributed by atoms with Gasteiger partial charge in [-0.15, -0.1) is 0 Å². The topological polar surface area (TPSA) is 66.9 Å². The Balaban J connectivity index is 2.62. The summed E-state index contributed by atoms with van der Waals surface area (Å²) < 4.78 is 5.45. The highest BCUT2D eigenvalue weighted by Gasteiger charge is 2.48. The van der Waals surface area contributed by atoms with Gasteiger partial charge in [0.2, 0.25) is 0 Å². The maximum atomic E-state index is 12.3. The smallest absolute Gasteiger partial charge is 0.327 e. The van der Waals surface area contributed by atoms with Gasteiger partial charge >= 0.3 is 12.0 Å². The van der Waals surface area contributed by atoms with Crippen LogP contribution in [-0.4, -0.2) is 57.8 Å². The molecule has 138 valence electrons. The van der Waals surface area contributed by atoms with Gasteiger partial charge in [0.15, 0.2) is 0 Å². The van der Waals surface area contributed by atoms with Crippen molar-refractivity contribution in [1.82, 2.24) is 9.80 Å². The van der Waals surface area contributed by atoms with Crippen LogP contribution in [0.3, 0.4) is 0 Å². The van der Waals surface area contributed by atoms with Gasteiger partial charge in [-0.1, -0.05) is 15.9 Å². The molecule has 1 aliphatic rings. The van der Waals surface area contributed by atoms with Crippen LogP contribution in [0.5, 0.6) is 0 Å². The van der Waals surface area contributed by atoms with Crippen LogP contribution in [0.1, 0.15) is 53.9 Å². The molecule has 1 saturated heterocycles. The Bertz CT molecular complexity index is 499. The zero-order valence-electron chi connectivity index (χ0n) is 15.5. The second kappa shape index (κ2) is 7.85. The molecule has 24 heavy (non-hydrogen) atoms. The first-order valence-electron chi connectivity index (χ1n) is 8.30. The molecule has 1 unspecified atom stereocenters. The number of halogens is 1. The van der Waals surface area contributed by atoms with E-state index in [1.165, 1.54) is 9.80 Å². The summed E-state index contributed by atoms with van der Waals surface area (Å²) >= 11 is 3.36. The van der Waals surface area contributed by atoms with E-state index in [1.807, 2.05) is 20.8 Å². The molecule has 7 heteroatoms. The Morgan fingerprint density at radius 3 is 2.25 bits per heavy atom. The highest BCUT2D eigenvalue weighted by molar-refractivity contribution is 9.09. The largest absolute Gasteiger partial charge is 0.460 e. The predicted molar refractivity (Wildman–Crippen MR) is 95.9 cm³/mol. The normalized spacial score (nSPS) is 19.0. The maximum Gasteiger partial charge on any atom is 0.327 e. The van der Waals surface area contributed by atoms with Gasteiger partial charge < -0.3 is 9.64 Å². The fourth-order valence-corrected chi connectivity index (χ4v) is 3.12. The molecule has 0 N–H and O–H groups in total. The molecule has 1 atom stereocenters. The van der Waals surface area contributed by atoms with E-state index in [0.717, 1.165) is 0 Å². The summed E-state index contributed by atoms with van der Waals surface area (Å²) in [6, 6.07) is -0.278. The highest BCUT2D eigenvalue weighted by Crippen LogP contribution is 2.27. The monoisotopic (exact) mass is 404 g/mol. The molecule has 0 aromatic rings. The number of imide groups is 1. The summed E-state index contributed by atoms with van der Waals surface area (Å²) in [5.41, 5.74) is -1.33. The zero-order chi connectivity index (χ0) is 18.7. The molecule has 1 rings (SSSR count). The third kappa shape index (κ3) is 4.94. The Morgan fingerprint density at radius 1 is 1.25 bits per heavy atom. The lowest BCUT2D eigenvalue weighted by Gasteiger charge is -2.24. The molecular weight excluding hydrogens is 376 g/mol. The van der Waals surface area contributed by atoms with E-state index in [0.29, 0.717) is 31.1 Å². The number of alkyl halides is 1. The number of urea groups is 1. The first kappa shape index (κ1) is 20.9. The van der Waals surface area contributed by atoms with Gasteiger partial charge in [-0.05, 0) is 53.9 Å². The standard InChI is InChI=1S/C17H29BrN2O4/c1-16(2,3)24-13(21)12(9-10-18)8-7-11-20-14(22)17(4,5)19(6)15(20)23/h12H,7-11H2,1-6H3. The van der Waals surface area contributed by atoms with Crippen LogP contribution in [0.2, 0.25) is 0 Å². The number of carbonyl (C=O) groups is 3. The molecule has 0 spiro atoms. The van der Waals surface area contributed by atoms with Gasteiger partial charge in [-0.3, -0.25) is 14.5 Å². The molecule has 0 aromatic carbocycles. The molecule has 1 heterocycles. The van der Waals surface area contributed by atoms with E-state index in [1.54, 1.807) is 20.9 Å². The Labute approximate surface area is 153 Å². The first-order chi connectivity index (χ1) is 10.9. The van der Waals surface area contributed by atoms with E-state index >= 15 is 0 Å². The van der Waals surface area contributed by atoms with Crippen LogP contribution in [0.4, 0.5) is 4.79 Å². The molecule has 0 aromatic heterocycles. The van der Waals surface area contributed by atoms with E-state index in [4.69, 9.17) is 4.74 Å². The number of nitrogens with zero attached hydrogens (tertiary/aromatic N) is 2. The zero-order valence-corrected chi connectivity index (χ0v) is 17.1. The molecule has 1 fully saturated rings. The van der Waals surface area contributed by atoms with Crippen molar-refractivity contribution in [2.24, 2.45) is 5.92 Å². The van der Waals surface area contributed by atoms with Crippen molar-refractivity contribution in [2.75, 3.05) is 18.9 Å². The van der Waals surface area contributed by atoms with E-state index in [2.05, 4.69) is 15.9 Å². The lowest BCUT2D eigenvalue weighted by molar-refractivity contribution is -0.160. The van der Waals surface area contributed by atoms with Crippen molar-refractivity contribution in [3.63, 3.8) is 0 Å². The average Bonchev–Trinajstić information content (AvgIpc) is 2.59. The summed E-state index contributed by atoms with van der Waals surface area (Å²) in [4.78, 5) is 39.5. The van der Waals surface area contributed by atoms with Crippen LogP contribution >= 0.6 is 15.9 Å². The van der Waals surface area contributed by atoms with Crippen molar-refractivity contribution in [3.8, 4) is 0 Å².